The number of aliphatic hydroxyl groups excluding tert-OH is 3. The van der Waals surface area contributed by atoms with Crippen LogP contribution in [0.4, 0.5) is 20.6 Å². The van der Waals surface area contributed by atoms with E-state index in [9.17, 15) is 53.6 Å². The maximum Gasteiger partial charge on any atom is 0.407 e. The number of anilines is 2. The van der Waals surface area contributed by atoms with E-state index in [4.69, 9.17) is 25.8 Å². The molecule has 0 aromatic heterocycles. The van der Waals surface area contributed by atoms with Gasteiger partial charge in [-0.25, -0.2) is 14.0 Å². The first-order valence-electron chi connectivity index (χ1n) is 19.0. The van der Waals surface area contributed by atoms with Gasteiger partial charge in [-0.3, -0.25) is 19.2 Å². The van der Waals surface area contributed by atoms with Crippen LogP contribution in [-0.2, 0) is 35.0 Å². The first kappa shape index (κ1) is 49.7. The molecule has 0 heterocycles. The van der Waals surface area contributed by atoms with Gasteiger partial charge in [0.25, 0.3) is 16.8 Å². The standard InChI is InChI=1S/C38H57ClFN5O13/c1-38(2,3)58-37(55)43-14-17-56-16-13-42-33-32(34(51)35(33)52)41-12-6-4-5-7-15-57-29(36(53)54)20-26(46)25(45-31(50)21-40)19-27(47)28(48)22-44-30(49)18-23-8-10-24(39)11-9-23/h8-11,25-29,41-42,46-48H,4-7,12-22H2,1-3H3,(H,43,55)(H,44,49)(H,45,50)(H,53,54)/t25-,26-,27-,28+,29?/m0/s1. The predicted octanol–water partition coefficient (Wildman–Crippen LogP) is 1.01. The number of amides is 3. The molecule has 58 heavy (non-hydrogen) atoms. The highest BCUT2D eigenvalue weighted by molar-refractivity contribution is 6.30. The summed E-state index contributed by atoms with van der Waals surface area (Å²) in [4.78, 5) is 71.7. The third kappa shape index (κ3) is 19.4. The molecule has 326 valence electrons. The summed E-state index contributed by atoms with van der Waals surface area (Å²) in [7, 11) is 0. The number of ether oxygens (including phenoxy) is 3. The summed E-state index contributed by atoms with van der Waals surface area (Å²) in [5.41, 5.74) is -0.872. The van der Waals surface area contributed by atoms with Crippen molar-refractivity contribution >= 4 is 46.9 Å². The predicted molar refractivity (Wildman–Crippen MR) is 213 cm³/mol. The number of rotatable bonds is 29. The van der Waals surface area contributed by atoms with Crippen molar-refractivity contribution in [1.29, 1.82) is 0 Å². The molecule has 0 spiro atoms. The van der Waals surface area contributed by atoms with Crippen molar-refractivity contribution in [2.45, 2.75) is 102 Å². The van der Waals surface area contributed by atoms with Gasteiger partial charge in [0.15, 0.2) is 12.8 Å². The van der Waals surface area contributed by atoms with Crippen molar-refractivity contribution in [1.82, 2.24) is 16.0 Å². The second-order valence-electron chi connectivity index (χ2n) is 14.5. The molecule has 0 radical (unpaired) electrons. The molecule has 0 saturated carbocycles. The Labute approximate surface area is 340 Å². The Morgan fingerprint density at radius 2 is 1.40 bits per heavy atom. The van der Waals surface area contributed by atoms with Gasteiger partial charge in [0, 0.05) is 44.2 Å². The molecule has 0 aliphatic heterocycles. The lowest BCUT2D eigenvalue weighted by atomic mass is 9.96. The van der Waals surface area contributed by atoms with E-state index in [1.165, 1.54) is 0 Å². The zero-order chi connectivity index (χ0) is 43.3. The summed E-state index contributed by atoms with van der Waals surface area (Å²) in [5.74, 6) is -2.99. The number of halogens is 2. The fourth-order valence-corrected chi connectivity index (χ4v) is 5.57. The zero-order valence-corrected chi connectivity index (χ0v) is 33.8. The number of unbranched alkanes of at least 4 members (excludes halogenated alkanes) is 3. The summed E-state index contributed by atoms with van der Waals surface area (Å²) >= 11 is 5.84. The van der Waals surface area contributed by atoms with Crippen molar-refractivity contribution in [2.75, 3.05) is 63.3 Å². The van der Waals surface area contributed by atoms with Crippen LogP contribution in [0.25, 0.3) is 0 Å². The number of carbonyl (C=O) groups is 4. The molecule has 0 aliphatic carbocycles. The number of hydrogen-bond donors (Lipinski definition) is 9. The Morgan fingerprint density at radius 3 is 2.02 bits per heavy atom. The molecule has 2 rings (SSSR count). The van der Waals surface area contributed by atoms with Gasteiger partial charge in [0.05, 0.1) is 44.0 Å². The molecule has 0 saturated heterocycles. The van der Waals surface area contributed by atoms with Crippen LogP contribution in [0, 0.1) is 0 Å². The van der Waals surface area contributed by atoms with Crippen molar-refractivity contribution in [2.24, 2.45) is 0 Å². The minimum atomic E-state index is -1.63. The SMILES string of the molecule is CC(C)(C)OC(=O)NCCOCCNc1c(NCCCCCCOC(C[C@H](O)[C@H](C[C@H](O)[C@H](O)CNC(=O)Cc2ccc(Cl)cc2)NC(=O)CF)C(=O)O)c(=O)c1=O. The fraction of sp³-hybridized carbons (Fsp3) is 0.632. The Kier molecular flexibility index (Phi) is 22.2. The molecule has 3 amide bonds. The molecule has 9 N–H and O–H groups in total. The number of alkyl halides is 1. The summed E-state index contributed by atoms with van der Waals surface area (Å²) < 4.78 is 29.1. The van der Waals surface area contributed by atoms with Gasteiger partial charge in [-0.15, -0.1) is 0 Å². The van der Waals surface area contributed by atoms with E-state index in [2.05, 4.69) is 26.6 Å². The molecule has 0 fully saturated rings. The van der Waals surface area contributed by atoms with Crippen LogP contribution in [0.15, 0.2) is 33.9 Å². The number of nitrogens with one attached hydrogen (secondary N) is 5. The van der Waals surface area contributed by atoms with Crippen LogP contribution in [0.5, 0.6) is 0 Å². The minimum absolute atomic E-state index is 0.00102. The third-order valence-electron chi connectivity index (χ3n) is 8.45. The van der Waals surface area contributed by atoms with Crippen molar-refractivity contribution in [3.63, 3.8) is 0 Å². The maximum absolute atomic E-state index is 13.0. The van der Waals surface area contributed by atoms with Gasteiger partial charge in [-0.05, 0) is 57.7 Å². The second kappa shape index (κ2) is 25.9. The summed E-state index contributed by atoms with van der Waals surface area (Å²) in [6.45, 7) is 4.75. The maximum atomic E-state index is 13.0. The van der Waals surface area contributed by atoms with Crippen LogP contribution in [0.3, 0.4) is 0 Å². The van der Waals surface area contributed by atoms with Gasteiger partial charge < -0.3 is 61.2 Å². The zero-order valence-electron chi connectivity index (χ0n) is 33.0. The number of alkyl carbamates (subject to hydrolysis) is 1. The van der Waals surface area contributed by atoms with Gasteiger partial charge in [-0.1, -0.05) is 36.6 Å². The molecular weight excluding hydrogens is 789 g/mol. The Balaban J connectivity index is 1.70. The molecule has 2 aromatic rings. The molecule has 2 aromatic carbocycles. The highest BCUT2D eigenvalue weighted by Crippen LogP contribution is 2.17. The topological polar surface area (TPSA) is 271 Å². The molecular formula is C38H57ClFN5O13. The highest BCUT2D eigenvalue weighted by Gasteiger charge is 2.32. The largest absolute Gasteiger partial charge is 0.479 e. The lowest BCUT2D eigenvalue weighted by Crippen LogP contribution is -2.50. The van der Waals surface area contributed by atoms with Crippen LogP contribution < -0.4 is 37.4 Å². The smallest absolute Gasteiger partial charge is 0.407 e. The number of carboxylic acids is 1. The van der Waals surface area contributed by atoms with E-state index in [-0.39, 0.29) is 57.3 Å². The molecule has 0 aliphatic rings. The molecule has 1 unspecified atom stereocenters. The number of carbonyl (C=O) groups excluding carboxylic acids is 3. The average molecular weight is 846 g/mol. The van der Waals surface area contributed by atoms with E-state index in [0.29, 0.717) is 42.8 Å². The summed E-state index contributed by atoms with van der Waals surface area (Å²) in [5, 5.41) is 55.1. The minimum Gasteiger partial charge on any atom is -0.479 e. The summed E-state index contributed by atoms with van der Waals surface area (Å²) in [6.07, 6.45) is -5.57. The number of hydrogen-bond acceptors (Lipinski definition) is 14. The normalized spacial score (nSPS) is 14.1. The van der Waals surface area contributed by atoms with Crippen molar-refractivity contribution < 1.29 is 58.2 Å². The monoisotopic (exact) mass is 845 g/mol. The van der Waals surface area contributed by atoms with Gasteiger partial charge in [-0.2, -0.15) is 0 Å². The lowest BCUT2D eigenvalue weighted by molar-refractivity contribution is -0.153. The van der Waals surface area contributed by atoms with Crippen LogP contribution in [-0.4, -0.2) is 133 Å². The fourth-order valence-electron chi connectivity index (χ4n) is 5.44. The number of carboxylic acid groups (broad SMARTS) is 1. The number of aliphatic carboxylic acids is 1. The van der Waals surface area contributed by atoms with Gasteiger partial charge in [0.2, 0.25) is 5.91 Å². The first-order valence-corrected chi connectivity index (χ1v) is 19.4. The van der Waals surface area contributed by atoms with E-state index in [1.54, 1.807) is 45.0 Å². The average Bonchev–Trinajstić information content (AvgIpc) is 3.16. The number of aliphatic hydroxyl groups is 3. The lowest BCUT2D eigenvalue weighted by Gasteiger charge is -2.29. The van der Waals surface area contributed by atoms with E-state index in [0.717, 1.165) is 0 Å². The van der Waals surface area contributed by atoms with Gasteiger partial charge in [0.1, 0.15) is 17.0 Å². The Bertz CT molecular complexity index is 1650. The molecule has 20 heteroatoms. The van der Waals surface area contributed by atoms with E-state index < -0.39 is 90.3 Å². The Hall–Kier alpha value is -4.40. The van der Waals surface area contributed by atoms with Crippen molar-refractivity contribution in [3.05, 3.63) is 55.3 Å². The molecule has 0 bridgehead atoms. The quantitative estimate of drug-likeness (QED) is 0.0409. The van der Waals surface area contributed by atoms with Crippen LogP contribution >= 0.6 is 11.6 Å². The van der Waals surface area contributed by atoms with Crippen molar-refractivity contribution in [3.8, 4) is 0 Å². The van der Waals surface area contributed by atoms with Crippen LogP contribution in [0.2, 0.25) is 5.02 Å². The molecule has 5 atom stereocenters. The van der Waals surface area contributed by atoms with Gasteiger partial charge >= 0.3 is 12.1 Å². The molecule has 18 nitrogen and oxygen atoms in total. The Morgan fingerprint density at radius 1 is 0.776 bits per heavy atom. The first-order chi connectivity index (χ1) is 27.4. The summed E-state index contributed by atoms with van der Waals surface area (Å²) in [6, 6.07) is 5.16. The van der Waals surface area contributed by atoms with E-state index >= 15 is 0 Å². The van der Waals surface area contributed by atoms with Crippen LogP contribution in [0.1, 0.15) is 64.9 Å². The third-order valence-corrected chi connectivity index (χ3v) is 8.71. The highest BCUT2D eigenvalue weighted by atomic mass is 35.5. The number of benzene rings is 1. The second-order valence-corrected chi connectivity index (χ2v) is 14.9. The van der Waals surface area contributed by atoms with E-state index in [1.807, 2.05) is 0 Å².